The fourth-order valence-corrected chi connectivity index (χ4v) is 5.18. The van der Waals surface area contributed by atoms with E-state index in [0.29, 0.717) is 43.4 Å². The number of carboxylic acid groups (broad SMARTS) is 1. The van der Waals surface area contributed by atoms with Crippen molar-refractivity contribution >= 4 is 68.1 Å². The lowest BCUT2D eigenvalue weighted by molar-refractivity contribution is -0.121. The van der Waals surface area contributed by atoms with Crippen molar-refractivity contribution in [3.63, 3.8) is 0 Å². The van der Waals surface area contributed by atoms with E-state index in [2.05, 4.69) is 20.9 Å². The third-order valence-corrected chi connectivity index (χ3v) is 7.32. The number of hydrogen-bond acceptors (Lipinski definition) is 6. The van der Waals surface area contributed by atoms with Crippen LogP contribution in [0.1, 0.15) is 28.4 Å². The Labute approximate surface area is 231 Å². The van der Waals surface area contributed by atoms with Crippen LogP contribution in [0.25, 0.3) is 6.08 Å². The smallest absolute Gasteiger partial charge is 0.335 e. The largest absolute Gasteiger partial charge is 0.490 e. The molecule has 0 bridgehead atoms. The molecule has 1 amide bonds. The first-order chi connectivity index (χ1) is 17.8. The van der Waals surface area contributed by atoms with Crippen molar-refractivity contribution in [2.75, 3.05) is 13.7 Å². The Balaban J connectivity index is 1.58. The molecule has 37 heavy (non-hydrogen) atoms. The maximum Gasteiger partial charge on any atom is 0.335 e. The van der Waals surface area contributed by atoms with E-state index in [1.807, 2.05) is 43.3 Å². The van der Waals surface area contributed by atoms with Gasteiger partial charge >= 0.3 is 5.97 Å². The number of ether oxygens (including phenoxy) is 2. The van der Waals surface area contributed by atoms with E-state index in [1.165, 1.54) is 28.8 Å². The lowest BCUT2D eigenvalue weighted by Crippen LogP contribution is -2.23. The van der Waals surface area contributed by atoms with E-state index < -0.39 is 5.97 Å². The maximum absolute atomic E-state index is 12.9. The average Bonchev–Trinajstić information content (AvgIpc) is 3.12. The minimum Gasteiger partial charge on any atom is -0.490 e. The number of amides is 1. The van der Waals surface area contributed by atoms with Crippen molar-refractivity contribution in [3.8, 4) is 11.5 Å². The number of halogens is 2. The van der Waals surface area contributed by atoms with Gasteiger partial charge in [0.25, 0.3) is 5.91 Å². The topological polar surface area (TPSA) is 88.4 Å². The number of carbonyl (C=O) groups is 2. The first-order valence-electron chi connectivity index (χ1n) is 11.2. The summed E-state index contributed by atoms with van der Waals surface area (Å²) in [6.07, 6.45) is 1.77. The summed E-state index contributed by atoms with van der Waals surface area (Å²) < 4.78 is 12.5. The van der Waals surface area contributed by atoms with Gasteiger partial charge in [0.2, 0.25) is 0 Å². The molecule has 190 valence electrons. The van der Waals surface area contributed by atoms with Crippen molar-refractivity contribution in [2.24, 2.45) is 4.99 Å². The van der Waals surface area contributed by atoms with Crippen molar-refractivity contribution in [3.05, 3.63) is 91.8 Å². The monoisotopic (exact) mass is 600 g/mol. The van der Waals surface area contributed by atoms with Crippen LogP contribution in [-0.2, 0) is 11.4 Å². The normalized spacial score (nSPS) is 15.5. The van der Waals surface area contributed by atoms with Crippen molar-refractivity contribution in [1.29, 1.82) is 0 Å². The zero-order chi connectivity index (χ0) is 26.5. The number of carboxylic acids is 1. The highest BCUT2D eigenvalue weighted by molar-refractivity contribution is 9.10. The number of carbonyl (C=O) groups excluding carboxylic acids is 1. The summed E-state index contributed by atoms with van der Waals surface area (Å²) in [5.74, 6) is -0.130. The number of amidine groups is 1. The van der Waals surface area contributed by atoms with Gasteiger partial charge in [0.1, 0.15) is 6.61 Å². The summed E-state index contributed by atoms with van der Waals surface area (Å²) in [5, 5.41) is 10.2. The molecular weight excluding hydrogens is 580 g/mol. The molecule has 3 aromatic carbocycles. The molecule has 0 radical (unpaired) electrons. The molecule has 0 aromatic heterocycles. The number of rotatable bonds is 8. The third kappa shape index (κ3) is 6.36. The van der Waals surface area contributed by atoms with E-state index in [9.17, 15) is 9.59 Å². The van der Waals surface area contributed by atoms with Crippen LogP contribution in [0.2, 0.25) is 5.02 Å². The number of aromatic carboxylic acids is 1. The zero-order valence-corrected chi connectivity index (χ0v) is 23.1. The summed E-state index contributed by atoms with van der Waals surface area (Å²) in [7, 11) is 1.65. The predicted octanol–water partition coefficient (Wildman–Crippen LogP) is 7.01. The summed E-state index contributed by atoms with van der Waals surface area (Å²) in [5.41, 5.74) is 2.32. The van der Waals surface area contributed by atoms with Crippen molar-refractivity contribution < 1.29 is 24.2 Å². The number of likely N-dealkylation sites (N-methyl/N-ethyl adjacent to an activating group) is 1. The average molecular weight is 602 g/mol. The van der Waals surface area contributed by atoms with Crippen molar-refractivity contribution in [2.45, 2.75) is 13.5 Å². The van der Waals surface area contributed by atoms with E-state index >= 15 is 0 Å². The molecule has 10 heteroatoms. The zero-order valence-electron chi connectivity index (χ0n) is 19.9. The van der Waals surface area contributed by atoms with Gasteiger partial charge in [0, 0.05) is 17.6 Å². The van der Waals surface area contributed by atoms with Gasteiger partial charge < -0.3 is 14.6 Å². The molecule has 1 saturated heterocycles. The summed E-state index contributed by atoms with van der Waals surface area (Å²) in [4.78, 5) is 30.4. The van der Waals surface area contributed by atoms with Gasteiger partial charge in [-0.05, 0) is 88.7 Å². The lowest BCUT2D eigenvalue weighted by atomic mass is 10.1. The molecule has 1 aliphatic heterocycles. The molecule has 0 atom stereocenters. The van der Waals surface area contributed by atoms with Crippen molar-refractivity contribution in [1.82, 2.24) is 4.90 Å². The first kappa shape index (κ1) is 26.8. The second-order valence-electron chi connectivity index (χ2n) is 7.86. The molecular formula is C27H22BrClN2O5S. The fraction of sp³-hybridized carbons (Fsp3) is 0.148. The van der Waals surface area contributed by atoms with Crippen LogP contribution in [0.3, 0.4) is 0 Å². The number of thioether (sulfide) groups is 1. The molecule has 0 unspecified atom stereocenters. The van der Waals surface area contributed by atoms with E-state index in [0.717, 1.165) is 11.1 Å². The number of aliphatic imine (C=N–C) groups is 1. The van der Waals surface area contributed by atoms with Crippen LogP contribution in [-0.4, -0.2) is 40.7 Å². The second kappa shape index (κ2) is 11.9. The standard InChI is InChI=1S/C27H22BrClN2O5S/c1-3-35-22-13-16(12-20(28)24(22)36-15-18-6-4-5-7-21(18)29)14-23-25(32)31(2)27(37-23)30-19-10-8-17(9-11-19)26(33)34/h4-14H,3,15H2,1-2H3,(H,33,34). The fourth-order valence-electron chi connectivity index (χ4n) is 3.43. The molecule has 3 aromatic rings. The number of hydrogen-bond donors (Lipinski definition) is 1. The van der Waals surface area contributed by atoms with Crippen LogP contribution >= 0.6 is 39.3 Å². The van der Waals surface area contributed by atoms with E-state index in [4.69, 9.17) is 26.2 Å². The van der Waals surface area contributed by atoms with Gasteiger partial charge in [-0.25, -0.2) is 9.79 Å². The Hall–Kier alpha value is -3.27. The molecule has 4 rings (SSSR count). The molecule has 1 N–H and O–H groups in total. The second-order valence-corrected chi connectivity index (χ2v) is 10.1. The minimum atomic E-state index is -1.01. The van der Waals surface area contributed by atoms with Gasteiger partial charge in [-0.3, -0.25) is 9.69 Å². The predicted molar refractivity (Wildman–Crippen MR) is 150 cm³/mol. The minimum absolute atomic E-state index is 0.169. The van der Waals surface area contributed by atoms with E-state index in [-0.39, 0.29) is 18.1 Å². The molecule has 1 heterocycles. The van der Waals surface area contributed by atoms with Crippen LogP contribution < -0.4 is 9.47 Å². The van der Waals surface area contributed by atoms with Gasteiger partial charge in [0.05, 0.1) is 27.2 Å². The Morgan fingerprint density at radius 2 is 1.89 bits per heavy atom. The van der Waals surface area contributed by atoms with Gasteiger partial charge in [-0.1, -0.05) is 29.8 Å². The van der Waals surface area contributed by atoms with Gasteiger partial charge in [-0.15, -0.1) is 0 Å². The molecule has 1 aliphatic rings. The van der Waals surface area contributed by atoms with E-state index in [1.54, 1.807) is 25.3 Å². The lowest BCUT2D eigenvalue weighted by Gasteiger charge is -2.15. The SMILES string of the molecule is CCOc1cc(C=C2SC(=Nc3ccc(C(=O)O)cc3)N(C)C2=O)cc(Br)c1OCc1ccccc1Cl. The third-order valence-electron chi connectivity index (χ3n) is 5.30. The summed E-state index contributed by atoms with van der Waals surface area (Å²) in [6, 6.07) is 17.3. The molecule has 7 nitrogen and oxygen atoms in total. The van der Waals surface area contributed by atoms with Crippen LogP contribution in [0.5, 0.6) is 11.5 Å². The Bertz CT molecular complexity index is 1410. The van der Waals surface area contributed by atoms with Gasteiger partial charge in [0.15, 0.2) is 16.7 Å². The molecule has 0 saturated carbocycles. The summed E-state index contributed by atoms with van der Waals surface area (Å²) in [6.45, 7) is 2.59. The Kier molecular flexibility index (Phi) is 8.58. The van der Waals surface area contributed by atoms with Crippen LogP contribution in [0.15, 0.2) is 75.0 Å². The molecule has 0 aliphatic carbocycles. The number of nitrogens with zero attached hydrogens (tertiary/aromatic N) is 2. The Morgan fingerprint density at radius 1 is 1.16 bits per heavy atom. The molecule has 0 spiro atoms. The van der Waals surface area contributed by atoms with Crippen LogP contribution in [0, 0.1) is 0 Å². The quantitative estimate of drug-likeness (QED) is 0.279. The number of benzene rings is 3. The van der Waals surface area contributed by atoms with Crippen LogP contribution in [0.4, 0.5) is 5.69 Å². The van der Waals surface area contributed by atoms with Gasteiger partial charge in [-0.2, -0.15) is 0 Å². The molecule has 1 fully saturated rings. The highest BCUT2D eigenvalue weighted by Gasteiger charge is 2.30. The summed E-state index contributed by atoms with van der Waals surface area (Å²) >= 11 is 11.1. The Morgan fingerprint density at radius 3 is 2.57 bits per heavy atom. The highest BCUT2D eigenvalue weighted by atomic mass is 79.9. The first-order valence-corrected chi connectivity index (χ1v) is 13.2. The highest BCUT2D eigenvalue weighted by Crippen LogP contribution is 2.40. The maximum atomic E-state index is 12.9.